The summed E-state index contributed by atoms with van der Waals surface area (Å²) in [6, 6.07) is 0. The lowest BCUT2D eigenvalue weighted by Gasteiger charge is -2.10. The third-order valence-electron chi connectivity index (χ3n) is 1.42. The first-order valence-electron chi connectivity index (χ1n) is 3.30. The van der Waals surface area contributed by atoms with Gasteiger partial charge in [0, 0.05) is 13.1 Å². The normalized spacial score (nSPS) is 21.0. The zero-order valence-corrected chi connectivity index (χ0v) is 7.43. The van der Waals surface area contributed by atoms with Crippen LogP contribution >= 0.6 is 23.7 Å². The molecule has 1 rings (SSSR count). The molecule has 1 aliphatic rings. The van der Waals surface area contributed by atoms with E-state index in [-0.39, 0.29) is 0 Å². The molecular formula is C6H13NS2. The molecule has 0 aliphatic carbocycles. The lowest BCUT2D eigenvalue weighted by Crippen LogP contribution is -2.08. The molecule has 1 saturated heterocycles. The van der Waals surface area contributed by atoms with Crippen LogP contribution in [0.15, 0.2) is 0 Å². The molecule has 0 unspecified atom stereocenters. The van der Waals surface area contributed by atoms with Crippen LogP contribution in [0.4, 0.5) is 0 Å². The van der Waals surface area contributed by atoms with Crippen LogP contribution in [0.3, 0.4) is 0 Å². The summed E-state index contributed by atoms with van der Waals surface area (Å²) in [5, 5.41) is 1.22. The second-order valence-corrected chi connectivity index (χ2v) is 4.47. The van der Waals surface area contributed by atoms with Crippen LogP contribution in [0.25, 0.3) is 0 Å². The van der Waals surface area contributed by atoms with Crippen LogP contribution in [0, 0.1) is 0 Å². The Bertz CT molecular complexity index is 71.5. The molecule has 1 heterocycles. The first kappa shape index (κ1) is 7.76. The van der Waals surface area contributed by atoms with Gasteiger partial charge in [-0.1, -0.05) is 11.9 Å². The minimum atomic E-state index is 1.22. The van der Waals surface area contributed by atoms with Gasteiger partial charge in [0.05, 0.1) is 5.08 Å². The van der Waals surface area contributed by atoms with E-state index in [0.717, 1.165) is 0 Å². The van der Waals surface area contributed by atoms with Crippen molar-refractivity contribution >= 4 is 23.7 Å². The zero-order chi connectivity index (χ0) is 6.53. The number of nitrogens with zero attached hydrogens (tertiary/aromatic N) is 1. The Kier molecular flexibility index (Phi) is 3.86. The number of hydrogen-bond acceptors (Lipinski definition) is 3. The zero-order valence-electron chi connectivity index (χ0n) is 5.80. The van der Waals surface area contributed by atoms with E-state index in [0.29, 0.717) is 0 Å². The SMILES string of the molecule is CSCSN1CCCC1. The van der Waals surface area contributed by atoms with E-state index in [4.69, 9.17) is 0 Å². The van der Waals surface area contributed by atoms with E-state index in [1.165, 1.54) is 31.0 Å². The van der Waals surface area contributed by atoms with Gasteiger partial charge in [0.25, 0.3) is 0 Å². The Morgan fingerprint density at radius 1 is 1.33 bits per heavy atom. The molecule has 0 N–H and O–H groups in total. The minimum Gasteiger partial charge on any atom is -0.250 e. The molecule has 0 aromatic heterocycles. The summed E-state index contributed by atoms with van der Waals surface area (Å²) in [6.07, 6.45) is 4.96. The van der Waals surface area contributed by atoms with E-state index in [9.17, 15) is 0 Å². The highest BCUT2D eigenvalue weighted by Crippen LogP contribution is 2.20. The number of rotatable bonds is 3. The molecule has 0 atom stereocenters. The van der Waals surface area contributed by atoms with Gasteiger partial charge in [-0.25, -0.2) is 4.31 Å². The lowest BCUT2D eigenvalue weighted by atomic mass is 10.4. The Labute approximate surface area is 65.7 Å². The Morgan fingerprint density at radius 2 is 2.00 bits per heavy atom. The summed E-state index contributed by atoms with van der Waals surface area (Å²) in [7, 11) is 0. The van der Waals surface area contributed by atoms with E-state index in [2.05, 4.69) is 10.6 Å². The van der Waals surface area contributed by atoms with Crippen molar-refractivity contribution in [3.63, 3.8) is 0 Å². The van der Waals surface area contributed by atoms with Crippen molar-refractivity contribution in [1.82, 2.24) is 4.31 Å². The van der Waals surface area contributed by atoms with E-state index >= 15 is 0 Å². The van der Waals surface area contributed by atoms with Crippen molar-refractivity contribution in [2.75, 3.05) is 24.4 Å². The summed E-state index contributed by atoms with van der Waals surface area (Å²) in [4.78, 5) is 0. The average molecular weight is 163 g/mol. The van der Waals surface area contributed by atoms with Gasteiger partial charge in [0.2, 0.25) is 0 Å². The lowest BCUT2D eigenvalue weighted by molar-refractivity contribution is 0.588. The maximum atomic E-state index is 2.47. The van der Waals surface area contributed by atoms with Gasteiger partial charge in [-0.3, -0.25) is 0 Å². The van der Waals surface area contributed by atoms with E-state index in [1.54, 1.807) is 0 Å². The molecule has 0 spiro atoms. The molecule has 0 radical (unpaired) electrons. The fourth-order valence-electron chi connectivity index (χ4n) is 0.944. The van der Waals surface area contributed by atoms with Gasteiger partial charge < -0.3 is 0 Å². The van der Waals surface area contributed by atoms with Gasteiger partial charge >= 0.3 is 0 Å². The minimum absolute atomic E-state index is 1.22. The summed E-state index contributed by atoms with van der Waals surface area (Å²) >= 11 is 3.89. The number of thioether (sulfide) groups is 1. The van der Waals surface area contributed by atoms with Gasteiger partial charge in [0.15, 0.2) is 0 Å². The molecule has 0 bridgehead atoms. The number of hydrogen-bond donors (Lipinski definition) is 0. The highest BCUT2D eigenvalue weighted by atomic mass is 32.2. The molecule has 0 saturated carbocycles. The fourth-order valence-corrected chi connectivity index (χ4v) is 2.48. The molecule has 1 nitrogen and oxygen atoms in total. The van der Waals surface area contributed by atoms with Crippen molar-refractivity contribution in [3.05, 3.63) is 0 Å². The largest absolute Gasteiger partial charge is 0.250 e. The van der Waals surface area contributed by atoms with Crippen LogP contribution in [0.5, 0.6) is 0 Å². The van der Waals surface area contributed by atoms with Gasteiger partial charge in [-0.15, -0.1) is 0 Å². The predicted molar refractivity (Wildman–Crippen MR) is 46.8 cm³/mol. The molecule has 0 aromatic carbocycles. The maximum Gasteiger partial charge on any atom is 0.0536 e. The van der Waals surface area contributed by atoms with Gasteiger partial charge in [0.1, 0.15) is 0 Å². The van der Waals surface area contributed by atoms with Crippen LogP contribution in [-0.4, -0.2) is 28.7 Å². The second kappa shape index (κ2) is 4.47. The first-order valence-corrected chi connectivity index (χ1v) is 5.64. The summed E-state index contributed by atoms with van der Waals surface area (Å²) in [5.74, 6) is 0. The Morgan fingerprint density at radius 3 is 2.56 bits per heavy atom. The maximum absolute atomic E-state index is 2.47. The van der Waals surface area contributed by atoms with Crippen LogP contribution in [-0.2, 0) is 0 Å². The van der Waals surface area contributed by atoms with E-state index in [1.807, 2.05) is 23.7 Å². The summed E-state index contributed by atoms with van der Waals surface area (Å²) in [6.45, 7) is 2.62. The van der Waals surface area contributed by atoms with Crippen LogP contribution in [0.2, 0.25) is 0 Å². The summed E-state index contributed by atoms with van der Waals surface area (Å²) < 4.78 is 2.47. The average Bonchev–Trinajstić information content (AvgIpc) is 2.34. The van der Waals surface area contributed by atoms with Crippen molar-refractivity contribution < 1.29 is 0 Å². The predicted octanol–water partition coefficient (Wildman–Crippen LogP) is 2.05. The van der Waals surface area contributed by atoms with Crippen LogP contribution < -0.4 is 0 Å². The third kappa shape index (κ3) is 2.83. The van der Waals surface area contributed by atoms with Crippen molar-refractivity contribution in [2.24, 2.45) is 0 Å². The smallest absolute Gasteiger partial charge is 0.0536 e. The molecule has 9 heavy (non-hydrogen) atoms. The highest BCUT2D eigenvalue weighted by molar-refractivity contribution is 8.14. The first-order chi connectivity index (χ1) is 4.43. The third-order valence-corrected chi connectivity index (χ3v) is 3.51. The fraction of sp³-hybridized carbons (Fsp3) is 1.00. The molecule has 0 aromatic rings. The van der Waals surface area contributed by atoms with E-state index < -0.39 is 0 Å². The second-order valence-electron chi connectivity index (χ2n) is 2.17. The summed E-state index contributed by atoms with van der Waals surface area (Å²) in [5.41, 5.74) is 0. The topological polar surface area (TPSA) is 3.24 Å². The Balaban J connectivity index is 1.98. The van der Waals surface area contributed by atoms with Crippen molar-refractivity contribution in [3.8, 4) is 0 Å². The van der Waals surface area contributed by atoms with Crippen molar-refractivity contribution in [1.29, 1.82) is 0 Å². The highest BCUT2D eigenvalue weighted by Gasteiger charge is 2.10. The standard InChI is InChI=1S/C6H13NS2/c1-8-6-9-7-4-2-3-5-7/h2-6H2,1H3. The molecule has 54 valence electrons. The molecular weight excluding hydrogens is 150 g/mol. The monoisotopic (exact) mass is 163 g/mol. The molecule has 1 fully saturated rings. The van der Waals surface area contributed by atoms with Gasteiger partial charge in [-0.05, 0) is 19.1 Å². The molecule has 3 heteroatoms. The van der Waals surface area contributed by atoms with Gasteiger partial charge in [-0.2, -0.15) is 11.8 Å². The van der Waals surface area contributed by atoms with Crippen molar-refractivity contribution in [2.45, 2.75) is 12.8 Å². The Hall–Kier alpha value is 0.660. The molecule has 0 amide bonds. The molecule has 1 aliphatic heterocycles. The quantitative estimate of drug-likeness (QED) is 0.463. The van der Waals surface area contributed by atoms with Crippen LogP contribution in [0.1, 0.15) is 12.8 Å².